The highest BCUT2D eigenvalue weighted by molar-refractivity contribution is 5.92. The second kappa shape index (κ2) is 4.25. The first-order chi connectivity index (χ1) is 7.61. The Morgan fingerprint density at radius 2 is 2.38 bits per heavy atom. The molecule has 0 bridgehead atoms. The lowest BCUT2D eigenvalue weighted by molar-refractivity contribution is 0.0748. The maximum atomic E-state index is 12.1. The summed E-state index contributed by atoms with van der Waals surface area (Å²) in [5.74, 6) is 0.928. The smallest absolute Gasteiger partial charge is 0.291 e. The highest BCUT2D eigenvalue weighted by Gasteiger charge is 2.29. The Morgan fingerprint density at radius 3 is 2.88 bits per heavy atom. The van der Waals surface area contributed by atoms with Crippen molar-refractivity contribution < 1.29 is 14.3 Å². The van der Waals surface area contributed by atoms with E-state index < -0.39 is 0 Å². The Labute approximate surface area is 94.1 Å². The van der Waals surface area contributed by atoms with Crippen molar-refractivity contribution in [2.24, 2.45) is 5.92 Å². The fraction of sp³-hybridized carbons (Fsp3) is 0.636. The van der Waals surface area contributed by atoms with Gasteiger partial charge in [0.25, 0.3) is 5.91 Å². The third-order valence-corrected chi connectivity index (χ3v) is 2.93. The third kappa shape index (κ3) is 1.95. The lowest BCUT2D eigenvalue weighted by Gasteiger charge is -2.14. The average Bonchev–Trinajstić information content (AvgIpc) is 2.84. The van der Waals surface area contributed by atoms with E-state index in [1.165, 1.54) is 0 Å². The molecule has 0 spiro atoms. The van der Waals surface area contributed by atoms with Crippen LogP contribution in [0.2, 0.25) is 0 Å². The quantitative estimate of drug-likeness (QED) is 0.804. The van der Waals surface area contributed by atoms with Crippen LogP contribution in [0.1, 0.15) is 28.6 Å². The summed E-state index contributed by atoms with van der Waals surface area (Å²) < 4.78 is 5.29. The van der Waals surface area contributed by atoms with Crippen LogP contribution >= 0.6 is 0 Å². The van der Waals surface area contributed by atoms with Crippen molar-refractivity contribution in [2.45, 2.75) is 20.3 Å². The van der Waals surface area contributed by atoms with Crippen LogP contribution in [0, 0.1) is 19.8 Å². The molecule has 16 heavy (non-hydrogen) atoms. The molecule has 1 unspecified atom stereocenters. The monoisotopic (exact) mass is 224 g/mol. The van der Waals surface area contributed by atoms with E-state index in [2.05, 4.69) is 4.98 Å². The van der Waals surface area contributed by atoms with Gasteiger partial charge in [0.15, 0.2) is 5.89 Å². The number of oxazole rings is 1. The molecule has 1 fully saturated rings. The van der Waals surface area contributed by atoms with Crippen molar-refractivity contribution >= 4 is 5.91 Å². The fourth-order valence-corrected chi connectivity index (χ4v) is 2.04. The Morgan fingerprint density at radius 1 is 1.62 bits per heavy atom. The van der Waals surface area contributed by atoms with E-state index in [-0.39, 0.29) is 18.4 Å². The zero-order valence-corrected chi connectivity index (χ0v) is 9.56. The summed E-state index contributed by atoms with van der Waals surface area (Å²) in [6, 6.07) is 0. The van der Waals surface area contributed by atoms with Crippen molar-refractivity contribution in [2.75, 3.05) is 19.7 Å². The molecule has 0 saturated carbocycles. The molecule has 0 aliphatic carbocycles. The van der Waals surface area contributed by atoms with Crippen LogP contribution in [0.15, 0.2) is 4.42 Å². The van der Waals surface area contributed by atoms with Gasteiger partial charge in [-0.25, -0.2) is 4.98 Å². The van der Waals surface area contributed by atoms with Gasteiger partial charge in [0.1, 0.15) is 0 Å². The van der Waals surface area contributed by atoms with Crippen molar-refractivity contribution in [3.05, 3.63) is 17.3 Å². The van der Waals surface area contributed by atoms with E-state index in [0.29, 0.717) is 30.4 Å². The van der Waals surface area contributed by atoms with Gasteiger partial charge in [-0.3, -0.25) is 4.79 Å². The van der Waals surface area contributed by atoms with Gasteiger partial charge in [-0.05, 0) is 13.3 Å². The molecule has 1 aromatic rings. The van der Waals surface area contributed by atoms with Crippen molar-refractivity contribution in [3.63, 3.8) is 0 Å². The van der Waals surface area contributed by atoms with Crippen LogP contribution in [-0.2, 0) is 0 Å². The summed E-state index contributed by atoms with van der Waals surface area (Å²) in [5, 5.41) is 9.02. The summed E-state index contributed by atoms with van der Waals surface area (Å²) in [5.41, 5.74) is 0.634. The van der Waals surface area contributed by atoms with E-state index in [0.717, 1.165) is 6.42 Å². The number of carbonyl (C=O) groups is 1. The minimum absolute atomic E-state index is 0.117. The molecule has 5 heteroatoms. The van der Waals surface area contributed by atoms with Crippen LogP contribution in [0.25, 0.3) is 0 Å². The summed E-state index contributed by atoms with van der Waals surface area (Å²) in [4.78, 5) is 17.8. The first kappa shape index (κ1) is 11.1. The Hall–Kier alpha value is -1.36. The third-order valence-electron chi connectivity index (χ3n) is 2.93. The molecule has 2 heterocycles. The van der Waals surface area contributed by atoms with Gasteiger partial charge < -0.3 is 14.4 Å². The molecule has 0 aromatic carbocycles. The Bertz CT molecular complexity index is 400. The summed E-state index contributed by atoms with van der Waals surface area (Å²) >= 11 is 0. The molecule has 1 aliphatic rings. The average molecular weight is 224 g/mol. The standard InChI is InChI=1S/C11H16N2O3/c1-7-10(16-8(2)12-7)11(15)13-4-3-9(5-13)6-14/h9,14H,3-6H2,1-2H3. The lowest BCUT2D eigenvalue weighted by atomic mass is 10.1. The molecule has 1 atom stereocenters. The second-order valence-corrected chi connectivity index (χ2v) is 4.24. The van der Waals surface area contributed by atoms with Gasteiger partial charge in [-0.15, -0.1) is 0 Å². The molecular formula is C11H16N2O3. The van der Waals surface area contributed by atoms with Crippen molar-refractivity contribution in [1.29, 1.82) is 0 Å². The predicted octanol–water partition coefficient (Wildman–Crippen LogP) is 0.746. The fourth-order valence-electron chi connectivity index (χ4n) is 2.04. The minimum atomic E-state index is -0.117. The van der Waals surface area contributed by atoms with Crippen LogP contribution in [-0.4, -0.2) is 40.6 Å². The summed E-state index contributed by atoms with van der Waals surface area (Å²) in [6.45, 7) is 4.92. The van der Waals surface area contributed by atoms with E-state index in [9.17, 15) is 4.79 Å². The Balaban J connectivity index is 2.11. The van der Waals surface area contributed by atoms with E-state index in [1.807, 2.05) is 0 Å². The number of aliphatic hydroxyl groups excluding tert-OH is 1. The molecular weight excluding hydrogens is 208 g/mol. The number of aliphatic hydroxyl groups is 1. The van der Waals surface area contributed by atoms with Gasteiger partial charge in [-0.2, -0.15) is 0 Å². The zero-order valence-electron chi connectivity index (χ0n) is 9.56. The number of likely N-dealkylation sites (tertiary alicyclic amines) is 1. The normalized spacial score (nSPS) is 20.4. The topological polar surface area (TPSA) is 66.6 Å². The van der Waals surface area contributed by atoms with Crippen LogP contribution in [0.3, 0.4) is 0 Å². The van der Waals surface area contributed by atoms with Gasteiger partial charge in [0, 0.05) is 32.5 Å². The zero-order chi connectivity index (χ0) is 11.7. The highest BCUT2D eigenvalue weighted by atomic mass is 16.4. The molecule has 1 aliphatic heterocycles. The molecule has 0 radical (unpaired) electrons. The largest absolute Gasteiger partial charge is 0.436 e. The lowest BCUT2D eigenvalue weighted by Crippen LogP contribution is -2.29. The summed E-state index contributed by atoms with van der Waals surface area (Å²) in [6.07, 6.45) is 0.856. The molecule has 2 rings (SSSR count). The molecule has 1 amide bonds. The molecule has 1 N–H and O–H groups in total. The maximum absolute atomic E-state index is 12.1. The molecule has 5 nitrogen and oxygen atoms in total. The van der Waals surface area contributed by atoms with Crippen LogP contribution in [0.5, 0.6) is 0 Å². The maximum Gasteiger partial charge on any atom is 0.291 e. The van der Waals surface area contributed by atoms with E-state index in [4.69, 9.17) is 9.52 Å². The van der Waals surface area contributed by atoms with Gasteiger partial charge in [0.2, 0.25) is 5.76 Å². The molecule has 88 valence electrons. The first-order valence-corrected chi connectivity index (χ1v) is 5.46. The second-order valence-electron chi connectivity index (χ2n) is 4.24. The van der Waals surface area contributed by atoms with E-state index in [1.54, 1.807) is 18.7 Å². The number of hydrogen-bond donors (Lipinski definition) is 1. The number of aromatic nitrogens is 1. The summed E-state index contributed by atoms with van der Waals surface area (Å²) in [7, 11) is 0. The number of rotatable bonds is 2. The van der Waals surface area contributed by atoms with E-state index >= 15 is 0 Å². The number of hydrogen-bond acceptors (Lipinski definition) is 4. The van der Waals surface area contributed by atoms with Gasteiger partial charge in [-0.1, -0.05) is 0 Å². The van der Waals surface area contributed by atoms with Crippen molar-refractivity contribution in [3.8, 4) is 0 Å². The Kier molecular flexibility index (Phi) is 2.96. The van der Waals surface area contributed by atoms with Gasteiger partial charge in [0.05, 0.1) is 5.69 Å². The highest BCUT2D eigenvalue weighted by Crippen LogP contribution is 2.20. The predicted molar refractivity (Wildman–Crippen MR) is 57.1 cm³/mol. The number of amides is 1. The van der Waals surface area contributed by atoms with Crippen molar-refractivity contribution in [1.82, 2.24) is 9.88 Å². The molecule has 1 aromatic heterocycles. The minimum Gasteiger partial charge on any atom is -0.436 e. The SMILES string of the molecule is Cc1nc(C)c(C(=O)N2CCC(CO)C2)o1. The first-order valence-electron chi connectivity index (χ1n) is 5.46. The van der Waals surface area contributed by atoms with Gasteiger partial charge >= 0.3 is 0 Å². The van der Waals surface area contributed by atoms with Crippen LogP contribution < -0.4 is 0 Å². The molecule has 1 saturated heterocycles. The number of carbonyl (C=O) groups excluding carboxylic acids is 1. The van der Waals surface area contributed by atoms with Crippen LogP contribution in [0.4, 0.5) is 0 Å². The number of aryl methyl sites for hydroxylation is 2. The number of nitrogens with zero attached hydrogens (tertiary/aromatic N) is 2.